The Bertz CT molecular complexity index is 1140. The van der Waals surface area contributed by atoms with Crippen molar-refractivity contribution < 1.29 is 14.1 Å². The van der Waals surface area contributed by atoms with Crippen molar-refractivity contribution in [3.8, 4) is 17.1 Å². The normalized spacial score (nSPS) is 16.2. The largest absolute Gasteiger partial charge is 0.494 e. The summed E-state index contributed by atoms with van der Waals surface area (Å²) in [5.74, 6) is 1.70. The Kier molecular flexibility index (Phi) is 7.03. The van der Waals surface area contributed by atoms with Crippen molar-refractivity contribution in [2.45, 2.75) is 38.1 Å². The van der Waals surface area contributed by atoms with Crippen molar-refractivity contribution in [1.82, 2.24) is 20.4 Å². The number of hydrogen-bond donors (Lipinski definition) is 1. The van der Waals surface area contributed by atoms with E-state index in [4.69, 9.17) is 14.2 Å². The zero-order valence-electron chi connectivity index (χ0n) is 19.3. The van der Waals surface area contributed by atoms with E-state index in [0.717, 1.165) is 34.6 Å². The van der Waals surface area contributed by atoms with Crippen LogP contribution in [0.5, 0.6) is 5.75 Å². The van der Waals surface area contributed by atoms with Crippen molar-refractivity contribution in [3.63, 3.8) is 0 Å². The van der Waals surface area contributed by atoms with Crippen molar-refractivity contribution in [2.24, 2.45) is 0 Å². The van der Waals surface area contributed by atoms with Gasteiger partial charge in [0.2, 0.25) is 5.82 Å². The van der Waals surface area contributed by atoms with Gasteiger partial charge in [-0.05, 0) is 68.5 Å². The fourth-order valence-electron chi connectivity index (χ4n) is 3.91. The maximum Gasteiger partial charge on any atom is 0.322 e. The molecule has 172 valence electrons. The molecule has 0 saturated carbocycles. The van der Waals surface area contributed by atoms with E-state index in [1.54, 1.807) is 16.7 Å². The lowest BCUT2D eigenvalue weighted by Gasteiger charge is -2.35. The summed E-state index contributed by atoms with van der Waals surface area (Å²) >= 11 is 1.68. The maximum atomic E-state index is 12.9. The molecule has 0 spiro atoms. The van der Waals surface area contributed by atoms with Crippen molar-refractivity contribution >= 4 is 23.4 Å². The molecule has 0 fully saturated rings. The minimum absolute atomic E-state index is 0.135. The van der Waals surface area contributed by atoms with Crippen LogP contribution in [-0.4, -0.2) is 40.5 Å². The number of amides is 2. The predicted molar refractivity (Wildman–Crippen MR) is 130 cm³/mol. The van der Waals surface area contributed by atoms with Crippen molar-refractivity contribution in [3.05, 3.63) is 65.7 Å². The number of rotatable bonds is 8. The van der Waals surface area contributed by atoms with Gasteiger partial charge in [-0.1, -0.05) is 24.2 Å². The van der Waals surface area contributed by atoms with Crippen LogP contribution in [-0.2, 0) is 0 Å². The number of thioether (sulfide) groups is 1. The molecule has 2 aromatic carbocycles. The predicted octanol–water partition coefficient (Wildman–Crippen LogP) is 5.76. The summed E-state index contributed by atoms with van der Waals surface area (Å²) < 4.78 is 11.3. The Morgan fingerprint density at radius 1 is 1.12 bits per heavy atom. The molecule has 1 atom stereocenters. The first kappa shape index (κ1) is 22.9. The molecule has 2 heterocycles. The van der Waals surface area contributed by atoms with Gasteiger partial charge in [-0.3, -0.25) is 4.90 Å². The van der Waals surface area contributed by atoms with E-state index in [-0.39, 0.29) is 6.03 Å². The standard InChI is InChI=1S/C25H28N4O3S/c1-5-15-29-16(3)21(22(26-25(29)30)17-7-11-19(12-8-17)31-6-2)24-27-23(28-32-24)18-9-13-20(33-4)14-10-18/h7-14,22H,5-6,15H2,1-4H3,(H,26,30). The molecule has 0 aliphatic carbocycles. The second kappa shape index (κ2) is 10.1. The van der Waals surface area contributed by atoms with E-state index in [2.05, 4.69) is 10.5 Å². The first-order valence-electron chi connectivity index (χ1n) is 11.1. The highest BCUT2D eigenvalue weighted by Crippen LogP contribution is 2.38. The summed E-state index contributed by atoms with van der Waals surface area (Å²) in [5, 5.41) is 7.35. The van der Waals surface area contributed by atoms with Gasteiger partial charge in [-0.25, -0.2) is 4.79 Å². The first-order valence-corrected chi connectivity index (χ1v) is 12.3. The van der Waals surface area contributed by atoms with Crippen molar-refractivity contribution in [1.29, 1.82) is 0 Å². The average molecular weight is 465 g/mol. The number of nitrogens with one attached hydrogen (secondary N) is 1. The number of hydrogen-bond acceptors (Lipinski definition) is 6. The number of carbonyl (C=O) groups excluding carboxylic acids is 1. The fraction of sp³-hybridized carbons (Fsp3) is 0.320. The van der Waals surface area contributed by atoms with Crippen LogP contribution < -0.4 is 10.1 Å². The highest BCUT2D eigenvalue weighted by atomic mass is 32.2. The van der Waals surface area contributed by atoms with Crippen LogP contribution >= 0.6 is 11.8 Å². The summed E-state index contributed by atoms with van der Waals surface area (Å²) in [7, 11) is 0. The van der Waals surface area contributed by atoms with E-state index in [9.17, 15) is 4.79 Å². The van der Waals surface area contributed by atoms with Crippen LogP contribution in [0, 0.1) is 0 Å². The smallest absolute Gasteiger partial charge is 0.322 e. The van der Waals surface area contributed by atoms with E-state index in [1.165, 1.54) is 4.90 Å². The van der Waals surface area contributed by atoms with Gasteiger partial charge in [0.25, 0.3) is 5.89 Å². The summed E-state index contributed by atoms with van der Waals surface area (Å²) in [6.45, 7) is 7.13. The number of aromatic nitrogens is 2. The molecule has 0 saturated heterocycles. The highest BCUT2D eigenvalue weighted by molar-refractivity contribution is 7.98. The van der Waals surface area contributed by atoms with Gasteiger partial charge in [0.15, 0.2) is 0 Å². The third-order valence-corrected chi connectivity index (χ3v) is 6.32. The van der Waals surface area contributed by atoms with E-state index in [1.807, 2.05) is 75.6 Å². The molecule has 7 nitrogen and oxygen atoms in total. The van der Waals surface area contributed by atoms with Crippen LogP contribution in [0.1, 0.15) is 44.7 Å². The molecule has 1 aliphatic heterocycles. The number of allylic oxidation sites excluding steroid dienone is 1. The zero-order valence-corrected chi connectivity index (χ0v) is 20.1. The molecule has 1 N–H and O–H groups in total. The van der Waals surface area contributed by atoms with E-state index in [0.29, 0.717) is 24.9 Å². The molecule has 1 unspecified atom stereocenters. The molecule has 2 amide bonds. The lowest BCUT2D eigenvalue weighted by molar-refractivity contribution is 0.205. The molecule has 4 rings (SSSR count). The highest BCUT2D eigenvalue weighted by Gasteiger charge is 2.35. The molecular formula is C25H28N4O3S. The number of ether oxygens (including phenoxy) is 1. The van der Waals surface area contributed by atoms with Gasteiger partial charge in [0, 0.05) is 22.7 Å². The summed E-state index contributed by atoms with van der Waals surface area (Å²) in [4.78, 5) is 20.5. The molecule has 33 heavy (non-hydrogen) atoms. The Morgan fingerprint density at radius 2 is 1.85 bits per heavy atom. The Morgan fingerprint density at radius 3 is 2.48 bits per heavy atom. The van der Waals surface area contributed by atoms with Gasteiger partial charge in [-0.2, -0.15) is 4.98 Å². The van der Waals surface area contributed by atoms with Gasteiger partial charge in [0.1, 0.15) is 5.75 Å². The summed E-state index contributed by atoms with van der Waals surface area (Å²) in [6, 6.07) is 15.2. The second-order valence-electron chi connectivity index (χ2n) is 7.69. The SMILES string of the molecule is CCCN1C(=O)NC(c2ccc(OCC)cc2)C(c2nc(-c3ccc(SC)cc3)no2)=C1C. The Labute approximate surface area is 198 Å². The first-order chi connectivity index (χ1) is 16.0. The molecular weight excluding hydrogens is 436 g/mol. The number of urea groups is 1. The summed E-state index contributed by atoms with van der Waals surface area (Å²) in [5.41, 5.74) is 3.41. The van der Waals surface area contributed by atoms with Crippen molar-refractivity contribution in [2.75, 3.05) is 19.4 Å². The minimum atomic E-state index is -0.409. The Balaban J connectivity index is 1.75. The van der Waals surface area contributed by atoms with Crippen LogP contribution in [0.4, 0.5) is 4.79 Å². The van der Waals surface area contributed by atoms with Crippen LogP contribution in [0.25, 0.3) is 17.0 Å². The topological polar surface area (TPSA) is 80.5 Å². The third kappa shape index (κ3) is 4.75. The minimum Gasteiger partial charge on any atom is -0.494 e. The van der Waals surface area contributed by atoms with Gasteiger partial charge in [-0.15, -0.1) is 11.8 Å². The van der Waals surface area contributed by atoms with E-state index < -0.39 is 6.04 Å². The Hall–Kier alpha value is -3.26. The molecule has 0 bridgehead atoms. The second-order valence-corrected chi connectivity index (χ2v) is 8.57. The molecule has 8 heteroatoms. The monoisotopic (exact) mass is 464 g/mol. The summed E-state index contributed by atoms with van der Waals surface area (Å²) in [6.07, 6.45) is 2.87. The van der Waals surface area contributed by atoms with Crippen LogP contribution in [0.2, 0.25) is 0 Å². The van der Waals surface area contributed by atoms with Crippen LogP contribution in [0.15, 0.2) is 63.6 Å². The lowest BCUT2D eigenvalue weighted by atomic mass is 9.94. The fourth-order valence-corrected chi connectivity index (χ4v) is 4.32. The maximum absolute atomic E-state index is 12.9. The molecule has 0 radical (unpaired) electrons. The van der Waals surface area contributed by atoms with Gasteiger partial charge >= 0.3 is 6.03 Å². The number of nitrogens with zero attached hydrogens (tertiary/aromatic N) is 3. The van der Waals surface area contributed by atoms with Gasteiger partial charge in [0.05, 0.1) is 18.2 Å². The quantitative estimate of drug-likeness (QED) is 0.427. The number of benzene rings is 2. The third-order valence-electron chi connectivity index (χ3n) is 5.57. The average Bonchev–Trinajstić information content (AvgIpc) is 3.32. The molecule has 3 aromatic rings. The zero-order chi connectivity index (χ0) is 23.4. The van der Waals surface area contributed by atoms with Gasteiger partial charge < -0.3 is 14.6 Å². The number of carbonyl (C=O) groups is 1. The molecule has 1 aromatic heterocycles. The van der Waals surface area contributed by atoms with E-state index >= 15 is 0 Å². The lowest BCUT2D eigenvalue weighted by Crippen LogP contribution is -2.46. The van der Waals surface area contributed by atoms with Crippen LogP contribution in [0.3, 0.4) is 0 Å². The molecule has 1 aliphatic rings.